The minimum absolute atomic E-state index is 0.171. The highest BCUT2D eigenvalue weighted by atomic mass is 16.5. The molecule has 4 aromatic carbocycles. The molecular formula is C28H27BO. The van der Waals surface area contributed by atoms with Crippen LogP contribution in [-0.2, 0) is 4.74 Å². The van der Waals surface area contributed by atoms with Crippen LogP contribution in [0.1, 0.15) is 17.5 Å². The van der Waals surface area contributed by atoms with Crippen LogP contribution in [0, 0.1) is 6.92 Å². The second-order valence-corrected chi connectivity index (χ2v) is 7.76. The van der Waals surface area contributed by atoms with Gasteiger partial charge in [0.15, 0.2) is 0 Å². The van der Waals surface area contributed by atoms with Crippen LogP contribution in [0.5, 0.6) is 0 Å². The van der Waals surface area contributed by atoms with Crippen molar-refractivity contribution in [1.82, 2.24) is 0 Å². The highest BCUT2D eigenvalue weighted by Crippen LogP contribution is 2.24. The molecule has 0 bridgehead atoms. The SMILES string of the molecule is COCC/C=C(\B(c1ccccc1)c1ccc(C)cc1)c1ccc2ccccc2c1. The lowest BCUT2D eigenvalue weighted by Gasteiger charge is -2.20. The number of methoxy groups -OCH3 is 1. The molecule has 0 unspecified atom stereocenters. The van der Waals surface area contributed by atoms with E-state index in [1.54, 1.807) is 7.11 Å². The van der Waals surface area contributed by atoms with Gasteiger partial charge in [0.2, 0.25) is 6.71 Å². The first-order valence-electron chi connectivity index (χ1n) is 10.6. The maximum Gasteiger partial charge on any atom is 0.241 e. The van der Waals surface area contributed by atoms with Crippen LogP contribution in [0.4, 0.5) is 0 Å². The lowest BCUT2D eigenvalue weighted by atomic mass is 9.35. The predicted octanol–water partition coefficient (Wildman–Crippen LogP) is 5.42. The molecule has 0 aliphatic heterocycles. The number of hydrogen-bond donors (Lipinski definition) is 0. The molecule has 0 radical (unpaired) electrons. The highest BCUT2D eigenvalue weighted by Gasteiger charge is 2.25. The highest BCUT2D eigenvalue weighted by molar-refractivity contribution is 6.99. The van der Waals surface area contributed by atoms with Crippen molar-refractivity contribution in [3.63, 3.8) is 0 Å². The first kappa shape index (κ1) is 20.2. The summed E-state index contributed by atoms with van der Waals surface area (Å²) < 4.78 is 5.36. The van der Waals surface area contributed by atoms with E-state index < -0.39 is 0 Å². The van der Waals surface area contributed by atoms with Gasteiger partial charge in [-0.1, -0.05) is 119 Å². The molecule has 0 spiro atoms. The summed E-state index contributed by atoms with van der Waals surface area (Å²) in [5.74, 6) is 0. The monoisotopic (exact) mass is 390 g/mol. The molecule has 0 aliphatic rings. The Balaban J connectivity index is 1.88. The van der Waals surface area contributed by atoms with Crippen molar-refractivity contribution < 1.29 is 4.74 Å². The smallest absolute Gasteiger partial charge is 0.241 e. The van der Waals surface area contributed by atoms with E-state index in [-0.39, 0.29) is 6.71 Å². The van der Waals surface area contributed by atoms with Gasteiger partial charge in [-0.2, -0.15) is 0 Å². The summed E-state index contributed by atoms with van der Waals surface area (Å²) in [4.78, 5) is 0. The van der Waals surface area contributed by atoms with E-state index in [0.717, 1.165) is 6.42 Å². The number of benzene rings is 4. The van der Waals surface area contributed by atoms with Crippen molar-refractivity contribution in [2.45, 2.75) is 13.3 Å². The zero-order chi connectivity index (χ0) is 20.8. The van der Waals surface area contributed by atoms with Gasteiger partial charge in [0.05, 0.1) is 0 Å². The van der Waals surface area contributed by atoms with E-state index in [1.165, 1.54) is 38.3 Å². The molecule has 4 rings (SSSR count). The molecule has 0 fully saturated rings. The molecule has 30 heavy (non-hydrogen) atoms. The maximum absolute atomic E-state index is 5.36. The molecular weight excluding hydrogens is 363 g/mol. The van der Waals surface area contributed by atoms with E-state index in [4.69, 9.17) is 4.74 Å². The van der Waals surface area contributed by atoms with Crippen molar-refractivity contribution in [1.29, 1.82) is 0 Å². The van der Waals surface area contributed by atoms with Crippen molar-refractivity contribution in [2.75, 3.05) is 13.7 Å². The first-order valence-corrected chi connectivity index (χ1v) is 10.6. The van der Waals surface area contributed by atoms with Gasteiger partial charge in [0.1, 0.15) is 0 Å². The Kier molecular flexibility index (Phi) is 6.46. The molecule has 0 heterocycles. The van der Waals surface area contributed by atoms with Crippen molar-refractivity contribution in [3.05, 3.63) is 114 Å². The molecule has 4 aromatic rings. The summed E-state index contributed by atoms with van der Waals surface area (Å²) in [5.41, 5.74) is 6.48. The summed E-state index contributed by atoms with van der Waals surface area (Å²) in [6.07, 6.45) is 3.24. The van der Waals surface area contributed by atoms with Crippen LogP contribution < -0.4 is 10.9 Å². The average molecular weight is 390 g/mol. The van der Waals surface area contributed by atoms with Crippen molar-refractivity contribution in [3.8, 4) is 0 Å². The van der Waals surface area contributed by atoms with Gasteiger partial charge in [-0.05, 0) is 35.7 Å². The lowest BCUT2D eigenvalue weighted by Crippen LogP contribution is -2.43. The Morgan fingerprint density at radius 2 is 1.43 bits per heavy atom. The Morgan fingerprint density at radius 1 is 0.767 bits per heavy atom. The second kappa shape index (κ2) is 9.60. The van der Waals surface area contributed by atoms with Gasteiger partial charge in [-0.3, -0.25) is 0 Å². The van der Waals surface area contributed by atoms with Crippen LogP contribution in [-0.4, -0.2) is 20.4 Å². The van der Waals surface area contributed by atoms with Crippen LogP contribution >= 0.6 is 0 Å². The third-order valence-electron chi connectivity index (χ3n) is 5.62. The molecule has 2 heteroatoms. The largest absolute Gasteiger partial charge is 0.384 e. The standard InChI is InChI=1S/C28H27BO/c1-22-14-18-27(19-15-22)29(26-11-4-3-5-12-26)28(13-8-20-30-2)25-17-16-23-9-6-7-10-24(23)21-25/h3-7,9-19,21H,8,20H2,1-2H3/b28-13-. The van der Waals surface area contributed by atoms with Crippen LogP contribution in [0.15, 0.2) is 103 Å². The number of rotatable bonds is 7. The van der Waals surface area contributed by atoms with Gasteiger partial charge < -0.3 is 4.74 Å². The average Bonchev–Trinajstić information content (AvgIpc) is 2.80. The maximum atomic E-state index is 5.36. The van der Waals surface area contributed by atoms with Crippen LogP contribution in [0.2, 0.25) is 0 Å². The molecule has 148 valence electrons. The zero-order valence-electron chi connectivity index (χ0n) is 17.7. The van der Waals surface area contributed by atoms with E-state index >= 15 is 0 Å². The fourth-order valence-electron chi connectivity index (χ4n) is 4.06. The Bertz CT molecular complexity index is 1130. The molecule has 0 N–H and O–H groups in total. The van der Waals surface area contributed by atoms with Gasteiger partial charge in [-0.25, -0.2) is 0 Å². The normalized spacial score (nSPS) is 11.6. The second-order valence-electron chi connectivity index (χ2n) is 7.76. The Morgan fingerprint density at radius 3 is 2.17 bits per heavy atom. The minimum Gasteiger partial charge on any atom is -0.384 e. The molecule has 0 aliphatic carbocycles. The number of aryl methyl sites for hydroxylation is 1. The molecule has 0 amide bonds. The van der Waals surface area contributed by atoms with E-state index in [9.17, 15) is 0 Å². The first-order chi connectivity index (χ1) is 14.8. The number of ether oxygens (including phenoxy) is 1. The van der Waals surface area contributed by atoms with Gasteiger partial charge >= 0.3 is 0 Å². The third kappa shape index (κ3) is 4.55. The molecule has 1 nitrogen and oxygen atoms in total. The fraction of sp³-hybridized carbons (Fsp3) is 0.143. The Labute approximate surface area is 180 Å². The molecule has 0 saturated carbocycles. The molecule has 0 saturated heterocycles. The predicted molar refractivity (Wildman–Crippen MR) is 131 cm³/mol. The van der Waals surface area contributed by atoms with Crippen molar-refractivity contribution in [2.24, 2.45) is 0 Å². The quantitative estimate of drug-likeness (QED) is 0.303. The zero-order valence-corrected chi connectivity index (χ0v) is 17.7. The fourth-order valence-corrected chi connectivity index (χ4v) is 4.06. The van der Waals surface area contributed by atoms with Crippen LogP contribution in [0.25, 0.3) is 16.2 Å². The van der Waals surface area contributed by atoms with Gasteiger partial charge in [0, 0.05) is 13.7 Å². The molecule has 0 atom stereocenters. The summed E-state index contributed by atoms with van der Waals surface area (Å²) in [7, 11) is 1.76. The summed E-state index contributed by atoms with van der Waals surface area (Å²) in [6, 6.07) is 35.1. The number of fused-ring (bicyclic) bond motifs is 1. The van der Waals surface area contributed by atoms with Crippen molar-refractivity contribution >= 4 is 33.9 Å². The van der Waals surface area contributed by atoms with E-state index in [1.807, 2.05) is 0 Å². The van der Waals surface area contributed by atoms with E-state index in [2.05, 4.69) is 110 Å². The topological polar surface area (TPSA) is 9.23 Å². The summed E-state index contributed by atoms with van der Waals surface area (Å²) >= 11 is 0. The molecule has 0 aromatic heterocycles. The minimum atomic E-state index is 0.171. The lowest BCUT2D eigenvalue weighted by molar-refractivity contribution is 0.204. The summed E-state index contributed by atoms with van der Waals surface area (Å²) in [5, 5.41) is 2.53. The van der Waals surface area contributed by atoms with E-state index in [0.29, 0.717) is 6.61 Å². The third-order valence-corrected chi connectivity index (χ3v) is 5.62. The Hall–Kier alpha value is -3.10. The number of hydrogen-bond acceptors (Lipinski definition) is 1. The van der Waals surface area contributed by atoms with Gasteiger partial charge in [0.25, 0.3) is 0 Å². The summed E-state index contributed by atoms with van der Waals surface area (Å²) in [6.45, 7) is 3.02. The van der Waals surface area contributed by atoms with Crippen LogP contribution in [0.3, 0.4) is 0 Å². The van der Waals surface area contributed by atoms with Gasteiger partial charge in [-0.15, -0.1) is 0 Å².